The zero-order chi connectivity index (χ0) is 30.4. The topological polar surface area (TPSA) is 58.9 Å². The Morgan fingerprint density at radius 1 is 0.643 bits per heavy atom. The number of aryl methyl sites for hydroxylation is 2. The highest BCUT2D eigenvalue weighted by Crippen LogP contribution is 2.46. The van der Waals surface area contributed by atoms with Crippen molar-refractivity contribution in [3.8, 4) is 11.5 Å². The van der Waals surface area contributed by atoms with E-state index in [9.17, 15) is 10.2 Å². The van der Waals surface area contributed by atoms with E-state index in [1.807, 2.05) is 0 Å². The quantitative estimate of drug-likeness (QED) is 0.366. The summed E-state index contributed by atoms with van der Waals surface area (Å²) in [4.78, 5) is 0. The second-order valence-corrected chi connectivity index (χ2v) is 14.3. The molecular formula is C38H48O4. The van der Waals surface area contributed by atoms with Gasteiger partial charge in [-0.3, -0.25) is 0 Å². The molecule has 2 heterocycles. The first-order valence-electron chi connectivity index (χ1n) is 15.7. The number of hydrogen-bond acceptors (Lipinski definition) is 4. The van der Waals surface area contributed by atoms with E-state index >= 15 is 0 Å². The minimum absolute atomic E-state index is 0.174. The molecule has 0 radical (unpaired) electrons. The van der Waals surface area contributed by atoms with Crippen LogP contribution >= 0.6 is 0 Å². The minimum Gasteiger partial charge on any atom is -0.461 e. The monoisotopic (exact) mass is 568 g/mol. The van der Waals surface area contributed by atoms with Crippen LogP contribution in [0.5, 0.6) is 11.5 Å². The normalized spacial score (nSPS) is 25.6. The van der Waals surface area contributed by atoms with Crippen LogP contribution in [0.4, 0.5) is 0 Å². The van der Waals surface area contributed by atoms with Gasteiger partial charge in [-0.05, 0) is 71.5 Å². The largest absolute Gasteiger partial charge is 0.461 e. The molecule has 0 aromatic heterocycles. The van der Waals surface area contributed by atoms with Crippen LogP contribution in [0.25, 0.3) is 11.1 Å². The summed E-state index contributed by atoms with van der Waals surface area (Å²) in [6.45, 7) is 17.2. The number of benzene rings is 2. The lowest BCUT2D eigenvalue weighted by atomic mass is 9.67. The van der Waals surface area contributed by atoms with Crippen LogP contribution in [0.15, 0.2) is 72.2 Å². The van der Waals surface area contributed by atoms with Crippen molar-refractivity contribution in [3.05, 3.63) is 94.5 Å². The Morgan fingerprint density at radius 2 is 1.02 bits per heavy atom. The Kier molecular flexibility index (Phi) is 8.35. The Hall–Kier alpha value is -3.08. The van der Waals surface area contributed by atoms with E-state index in [-0.39, 0.29) is 22.7 Å². The molecule has 0 atom stereocenters. The molecule has 1 aliphatic carbocycles. The van der Waals surface area contributed by atoms with Crippen LogP contribution < -0.4 is 9.47 Å². The number of aliphatic hydroxyl groups is 2. The predicted molar refractivity (Wildman–Crippen MR) is 172 cm³/mol. The molecule has 0 saturated heterocycles. The molecule has 42 heavy (non-hydrogen) atoms. The summed E-state index contributed by atoms with van der Waals surface area (Å²) in [7, 11) is 0. The van der Waals surface area contributed by atoms with E-state index in [4.69, 9.17) is 9.47 Å². The maximum atomic E-state index is 11.5. The molecule has 4 nitrogen and oxygen atoms in total. The van der Waals surface area contributed by atoms with E-state index in [0.29, 0.717) is 0 Å². The van der Waals surface area contributed by atoms with Gasteiger partial charge in [0.1, 0.15) is 23.0 Å². The Morgan fingerprint density at radius 3 is 1.36 bits per heavy atom. The first-order valence-corrected chi connectivity index (χ1v) is 15.7. The number of aliphatic hydroxyl groups excluding tert-OH is 2. The molecule has 2 N–H and O–H groups in total. The first-order chi connectivity index (χ1) is 19.8. The summed E-state index contributed by atoms with van der Waals surface area (Å²) in [5.74, 6) is 2.67. The molecule has 0 amide bonds. The number of allylic oxidation sites excluding steroid dienone is 6. The van der Waals surface area contributed by atoms with E-state index in [0.717, 1.165) is 71.0 Å². The molecule has 0 unspecified atom stereocenters. The second kappa shape index (κ2) is 11.5. The lowest BCUT2D eigenvalue weighted by Crippen LogP contribution is -2.53. The molecule has 2 aromatic carbocycles. The van der Waals surface area contributed by atoms with E-state index in [2.05, 4.69) is 116 Å². The number of hydrogen-bond donors (Lipinski definition) is 2. The molecular weight excluding hydrogens is 520 g/mol. The highest BCUT2D eigenvalue weighted by molar-refractivity contribution is 5.82. The Bertz CT molecular complexity index is 1340. The van der Waals surface area contributed by atoms with Crippen molar-refractivity contribution in [2.24, 2.45) is 22.7 Å². The number of ether oxygens (including phenoxy) is 2. The summed E-state index contributed by atoms with van der Waals surface area (Å²) in [6, 6.07) is 12.8. The summed E-state index contributed by atoms with van der Waals surface area (Å²) >= 11 is 0. The van der Waals surface area contributed by atoms with Crippen molar-refractivity contribution in [1.29, 1.82) is 0 Å². The van der Waals surface area contributed by atoms with E-state index in [1.54, 1.807) is 0 Å². The van der Waals surface area contributed by atoms with Gasteiger partial charge >= 0.3 is 0 Å². The van der Waals surface area contributed by atoms with Gasteiger partial charge in [-0.25, -0.2) is 0 Å². The van der Waals surface area contributed by atoms with Crippen molar-refractivity contribution in [1.82, 2.24) is 0 Å². The predicted octanol–water partition coefficient (Wildman–Crippen LogP) is 8.67. The molecule has 3 aliphatic rings. The van der Waals surface area contributed by atoms with Crippen LogP contribution in [-0.4, -0.2) is 22.4 Å². The van der Waals surface area contributed by atoms with Crippen LogP contribution in [0.3, 0.4) is 0 Å². The zero-order valence-corrected chi connectivity index (χ0v) is 26.6. The van der Waals surface area contributed by atoms with Crippen LogP contribution in [0.1, 0.15) is 90.5 Å². The minimum atomic E-state index is -0.701. The standard InChI is InChI=1S/C38H48O4/c1-9-11-23-13-15-31-27(17-23)25(21-33(41-31)37(3,4)5)19-29-35(39)30(36(29)40)20-26-22-34(38(6,7)8)42-32-16-14-24(12-10-2)18-28(26)32/h13-22,29-30,35-36,39-40H,9-12H2,1-8H3/b25-19+,26-20+. The van der Waals surface area contributed by atoms with Crippen molar-refractivity contribution in [2.45, 2.75) is 93.3 Å². The summed E-state index contributed by atoms with van der Waals surface area (Å²) in [5, 5.41) is 22.9. The molecule has 1 saturated carbocycles. The molecule has 0 spiro atoms. The third-order valence-electron chi connectivity index (χ3n) is 8.60. The molecule has 0 bridgehead atoms. The molecule has 2 aliphatic heterocycles. The van der Waals surface area contributed by atoms with Gasteiger partial charge in [0.25, 0.3) is 0 Å². The van der Waals surface area contributed by atoms with Gasteiger partial charge in [-0.15, -0.1) is 0 Å². The zero-order valence-electron chi connectivity index (χ0n) is 26.6. The van der Waals surface area contributed by atoms with Gasteiger partial charge in [-0.2, -0.15) is 0 Å². The van der Waals surface area contributed by atoms with Gasteiger partial charge in [0.15, 0.2) is 0 Å². The fourth-order valence-electron chi connectivity index (χ4n) is 6.00. The maximum Gasteiger partial charge on any atom is 0.134 e. The molecule has 1 fully saturated rings. The van der Waals surface area contributed by atoms with E-state index < -0.39 is 12.2 Å². The average Bonchev–Trinajstić information content (AvgIpc) is 2.93. The summed E-state index contributed by atoms with van der Waals surface area (Å²) < 4.78 is 12.7. The van der Waals surface area contributed by atoms with Gasteiger partial charge in [-0.1, -0.05) is 92.5 Å². The second-order valence-electron chi connectivity index (χ2n) is 14.3. The van der Waals surface area contributed by atoms with Crippen molar-refractivity contribution in [2.75, 3.05) is 0 Å². The van der Waals surface area contributed by atoms with Crippen molar-refractivity contribution < 1.29 is 19.7 Å². The number of rotatable bonds is 6. The highest BCUT2D eigenvalue weighted by atomic mass is 16.5. The van der Waals surface area contributed by atoms with Gasteiger partial charge < -0.3 is 19.7 Å². The number of fused-ring (bicyclic) bond motifs is 2. The van der Waals surface area contributed by atoms with Crippen LogP contribution in [-0.2, 0) is 12.8 Å². The average molecular weight is 569 g/mol. The van der Waals surface area contributed by atoms with Gasteiger partial charge in [0, 0.05) is 33.8 Å². The first kappa shape index (κ1) is 30.4. The fourth-order valence-corrected chi connectivity index (χ4v) is 6.00. The Labute approximate surface area is 252 Å². The maximum absolute atomic E-state index is 11.5. The third-order valence-corrected chi connectivity index (χ3v) is 8.60. The Balaban J connectivity index is 1.50. The fraction of sp³-hybridized carbons (Fsp3) is 0.474. The lowest BCUT2D eigenvalue weighted by Gasteiger charge is -2.44. The molecule has 4 heteroatoms. The van der Waals surface area contributed by atoms with Crippen molar-refractivity contribution in [3.63, 3.8) is 0 Å². The third kappa shape index (κ3) is 6.02. The highest BCUT2D eigenvalue weighted by Gasteiger charge is 2.47. The van der Waals surface area contributed by atoms with Crippen LogP contribution in [0.2, 0.25) is 0 Å². The molecule has 2 aromatic rings. The van der Waals surface area contributed by atoms with Gasteiger partial charge in [0.05, 0.1) is 12.2 Å². The summed E-state index contributed by atoms with van der Waals surface area (Å²) in [5.41, 5.74) is 6.23. The SMILES string of the molecule is CCCc1ccc2c(c1)/C(=C/C1C(O)C(/C=C3\C=C(C(C)(C)C)Oc4ccc(CCC)cc43)C1O)C=C(C(C)(C)C)O2. The lowest BCUT2D eigenvalue weighted by molar-refractivity contribution is -0.109. The van der Waals surface area contributed by atoms with Crippen molar-refractivity contribution >= 4 is 11.1 Å². The molecule has 224 valence electrons. The van der Waals surface area contributed by atoms with Crippen LogP contribution in [0, 0.1) is 22.7 Å². The van der Waals surface area contributed by atoms with Gasteiger partial charge in [0.2, 0.25) is 0 Å². The smallest absolute Gasteiger partial charge is 0.134 e. The molecule has 5 rings (SSSR count). The van der Waals surface area contributed by atoms with E-state index in [1.165, 1.54) is 11.1 Å². The summed E-state index contributed by atoms with van der Waals surface area (Å²) in [6.07, 6.45) is 11.0.